The van der Waals surface area contributed by atoms with Crippen molar-refractivity contribution in [1.82, 2.24) is 24.1 Å². The Balaban J connectivity index is 1.10. The lowest BCUT2D eigenvalue weighted by Crippen LogP contribution is -2.08. The predicted molar refractivity (Wildman–Crippen MR) is 275 cm³/mol. The van der Waals surface area contributed by atoms with Crippen LogP contribution in [-0.4, -0.2) is 24.1 Å². The predicted octanol–water partition coefficient (Wildman–Crippen LogP) is 16.0. The number of benzene rings is 10. The number of thiophene rings is 1. The van der Waals surface area contributed by atoms with Crippen LogP contribution in [0.4, 0.5) is 0 Å². The summed E-state index contributed by atoms with van der Waals surface area (Å²) in [6, 6.07) is 71.4. The first-order valence-electron chi connectivity index (χ1n) is 22.2. The number of aromatic nitrogens is 5. The molecule has 10 aromatic carbocycles. The van der Waals surface area contributed by atoms with Gasteiger partial charge >= 0.3 is 0 Å². The topological polar surface area (TPSA) is 61.7 Å². The Kier molecular flexibility index (Phi) is 7.28. The molecule has 6 nitrogen and oxygen atoms in total. The first kappa shape index (κ1) is 35.8. The molecule has 0 aliphatic carbocycles. The maximum Gasteiger partial charge on any atom is 0.238 e. The summed E-state index contributed by atoms with van der Waals surface area (Å²) in [6.07, 6.45) is 0. The second kappa shape index (κ2) is 13.4. The Labute approximate surface area is 379 Å². The van der Waals surface area contributed by atoms with Gasteiger partial charge in [-0.15, -0.1) is 11.3 Å². The summed E-state index contributed by atoms with van der Waals surface area (Å²) in [5.41, 5.74) is 8.54. The van der Waals surface area contributed by atoms with Gasteiger partial charge in [0.15, 0.2) is 11.6 Å². The van der Waals surface area contributed by atoms with Gasteiger partial charge in [0.2, 0.25) is 5.95 Å². The first-order valence-corrected chi connectivity index (χ1v) is 23.0. The van der Waals surface area contributed by atoms with Crippen LogP contribution in [-0.2, 0) is 0 Å². The molecule has 15 aromatic rings. The summed E-state index contributed by atoms with van der Waals surface area (Å²) in [7, 11) is 0. The molecule has 0 amide bonds. The fourth-order valence-corrected chi connectivity index (χ4v) is 11.7. The van der Waals surface area contributed by atoms with Crippen LogP contribution in [0.5, 0.6) is 0 Å². The third kappa shape index (κ3) is 5.08. The number of rotatable bonds is 4. The zero-order valence-electron chi connectivity index (χ0n) is 35.1. The smallest absolute Gasteiger partial charge is 0.238 e. The van der Waals surface area contributed by atoms with E-state index in [9.17, 15) is 0 Å². The van der Waals surface area contributed by atoms with Gasteiger partial charge < -0.3 is 8.98 Å². The molecule has 0 aliphatic rings. The van der Waals surface area contributed by atoms with Gasteiger partial charge in [0.1, 0.15) is 11.2 Å². The van der Waals surface area contributed by atoms with Crippen LogP contribution in [0.3, 0.4) is 0 Å². The van der Waals surface area contributed by atoms with E-state index in [1.54, 1.807) is 11.3 Å². The number of hydrogen-bond donors (Lipinski definition) is 0. The van der Waals surface area contributed by atoms with Crippen molar-refractivity contribution in [3.8, 4) is 34.4 Å². The Morgan fingerprint density at radius 1 is 0.364 bits per heavy atom. The molecule has 5 aromatic heterocycles. The molecule has 0 unspecified atom stereocenters. The molecule has 0 atom stereocenters. The zero-order valence-corrected chi connectivity index (χ0v) is 35.9. The maximum absolute atomic E-state index is 6.72. The van der Waals surface area contributed by atoms with Crippen LogP contribution < -0.4 is 0 Å². The minimum atomic E-state index is 0.546. The molecule has 0 N–H and O–H groups in total. The fourth-order valence-electron chi connectivity index (χ4n) is 10.6. The van der Waals surface area contributed by atoms with E-state index in [4.69, 9.17) is 19.4 Å². The van der Waals surface area contributed by atoms with Crippen LogP contribution in [0.15, 0.2) is 205 Å². The lowest BCUT2D eigenvalue weighted by molar-refractivity contribution is 0.668. The van der Waals surface area contributed by atoms with Gasteiger partial charge in [0.05, 0.1) is 27.8 Å². The Morgan fingerprint density at radius 3 is 1.83 bits per heavy atom. The van der Waals surface area contributed by atoms with E-state index in [0.717, 1.165) is 77.0 Å². The van der Waals surface area contributed by atoms with Crippen molar-refractivity contribution in [2.24, 2.45) is 0 Å². The summed E-state index contributed by atoms with van der Waals surface area (Å²) in [4.78, 5) is 16.5. The van der Waals surface area contributed by atoms with Crippen LogP contribution in [0.25, 0.3) is 142 Å². The highest BCUT2D eigenvalue weighted by Crippen LogP contribution is 2.44. The summed E-state index contributed by atoms with van der Waals surface area (Å²) in [5.74, 6) is 1.70. The van der Waals surface area contributed by atoms with Crippen LogP contribution in [0.2, 0.25) is 0 Å². The summed E-state index contributed by atoms with van der Waals surface area (Å²) in [5, 5.41) is 13.8. The van der Waals surface area contributed by atoms with E-state index in [0.29, 0.717) is 17.6 Å². The van der Waals surface area contributed by atoms with Crippen molar-refractivity contribution >= 4 is 119 Å². The van der Waals surface area contributed by atoms with Gasteiger partial charge in [0, 0.05) is 69.7 Å². The average molecular weight is 860 g/mol. The molecule has 0 aliphatic heterocycles. The molecule has 0 fully saturated rings. The number of hydrogen-bond acceptors (Lipinski definition) is 5. The Bertz CT molecular complexity index is 4500. The third-order valence-electron chi connectivity index (χ3n) is 13.5. The van der Waals surface area contributed by atoms with Gasteiger partial charge in [-0.05, 0) is 88.3 Å². The Hall–Kier alpha value is -8.65. The van der Waals surface area contributed by atoms with E-state index < -0.39 is 0 Å². The fraction of sp³-hybridized carbons (Fsp3) is 0. The standard InChI is InChI=1S/C59H33N5OS/c1-2-15-36-31-50-45(29-35(36)14-1)56-38-16-4-3-13-34(38)25-27-49(56)63(50)51-33-53-43(41-19-7-11-23-52(41)65-53)32-46(51)58-60-57(37-26-28-55-44(30-37)42-20-8-12-24-54(42)66-55)61-59(62-58)64-47-21-9-5-17-39(47)40-18-6-10-22-48(40)64/h1-33H. The van der Waals surface area contributed by atoms with Crippen LogP contribution in [0.1, 0.15) is 0 Å². The van der Waals surface area contributed by atoms with Crippen LogP contribution in [0, 0.1) is 0 Å². The average Bonchev–Trinajstić information content (AvgIpc) is 4.12. The number of para-hydroxylation sites is 3. The van der Waals surface area contributed by atoms with Gasteiger partial charge in [-0.25, -0.2) is 4.98 Å². The number of fused-ring (bicyclic) bond motifs is 15. The van der Waals surface area contributed by atoms with Crippen molar-refractivity contribution in [3.63, 3.8) is 0 Å². The van der Waals surface area contributed by atoms with Gasteiger partial charge in [-0.1, -0.05) is 127 Å². The lowest BCUT2D eigenvalue weighted by atomic mass is 10.0. The van der Waals surface area contributed by atoms with E-state index in [1.807, 2.05) is 12.1 Å². The Morgan fingerprint density at radius 2 is 1.02 bits per heavy atom. The van der Waals surface area contributed by atoms with E-state index in [1.165, 1.54) is 47.1 Å². The first-order chi connectivity index (χ1) is 32.7. The minimum Gasteiger partial charge on any atom is -0.456 e. The normalized spacial score (nSPS) is 12.2. The molecule has 0 radical (unpaired) electrons. The highest BCUT2D eigenvalue weighted by Gasteiger charge is 2.25. The molecule has 0 saturated heterocycles. The van der Waals surface area contributed by atoms with Crippen molar-refractivity contribution in [3.05, 3.63) is 200 Å². The molecule has 5 heterocycles. The van der Waals surface area contributed by atoms with Crippen molar-refractivity contribution < 1.29 is 4.42 Å². The molecule has 0 spiro atoms. The van der Waals surface area contributed by atoms with Gasteiger partial charge in [-0.2, -0.15) is 9.97 Å². The maximum atomic E-state index is 6.72. The molecule has 66 heavy (non-hydrogen) atoms. The molecule has 0 saturated carbocycles. The largest absolute Gasteiger partial charge is 0.456 e. The summed E-state index contributed by atoms with van der Waals surface area (Å²) in [6.45, 7) is 0. The monoisotopic (exact) mass is 859 g/mol. The van der Waals surface area contributed by atoms with E-state index in [-0.39, 0.29) is 0 Å². The van der Waals surface area contributed by atoms with Gasteiger partial charge in [0.25, 0.3) is 0 Å². The molecule has 0 bridgehead atoms. The second-order valence-electron chi connectivity index (χ2n) is 17.2. The molecular formula is C59H33N5OS. The van der Waals surface area contributed by atoms with Crippen LogP contribution >= 0.6 is 11.3 Å². The van der Waals surface area contributed by atoms with Crippen molar-refractivity contribution in [2.45, 2.75) is 0 Å². The number of nitrogens with zero attached hydrogens (tertiary/aromatic N) is 5. The third-order valence-corrected chi connectivity index (χ3v) is 14.7. The van der Waals surface area contributed by atoms with Crippen molar-refractivity contribution in [2.75, 3.05) is 0 Å². The highest BCUT2D eigenvalue weighted by atomic mass is 32.1. The highest BCUT2D eigenvalue weighted by molar-refractivity contribution is 7.25. The molecular weight excluding hydrogens is 827 g/mol. The number of furan rings is 1. The summed E-state index contributed by atoms with van der Waals surface area (Å²) >= 11 is 1.81. The SMILES string of the molecule is c1ccc2cc3c(cc2c1)c1c2ccccc2ccc1n3-c1cc2oc3ccccc3c2cc1-c1nc(-c2ccc3sc4ccccc4c3c2)nc(-n2c3ccccc3c3ccccc32)n1. The van der Waals surface area contributed by atoms with E-state index in [2.05, 4.69) is 197 Å². The lowest BCUT2D eigenvalue weighted by Gasteiger charge is -2.16. The summed E-state index contributed by atoms with van der Waals surface area (Å²) < 4.78 is 13.8. The molecule has 15 rings (SSSR count). The minimum absolute atomic E-state index is 0.546. The zero-order chi connectivity index (χ0) is 43.0. The molecule has 7 heteroatoms. The van der Waals surface area contributed by atoms with Gasteiger partial charge in [-0.3, -0.25) is 4.57 Å². The quantitative estimate of drug-likeness (QED) is 0.177. The van der Waals surface area contributed by atoms with E-state index >= 15 is 0 Å². The molecule has 306 valence electrons. The second-order valence-corrected chi connectivity index (χ2v) is 18.2. The van der Waals surface area contributed by atoms with Crippen molar-refractivity contribution in [1.29, 1.82) is 0 Å².